The maximum absolute atomic E-state index is 5.81. The fraction of sp³-hybridized carbons (Fsp3) is 0.267. The average molecular weight is 351 g/mol. The first-order chi connectivity index (χ1) is 9.76. The molecular weight excluding hydrogens is 336 g/mol. The molecule has 0 amide bonds. The second-order valence-electron chi connectivity index (χ2n) is 4.53. The summed E-state index contributed by atoms with van der Waals surface area (Å²) in [7, 11) is 0. The molecule has 104 valence electrons. The zero-order chi connectivity index (χ0) is 13.9. The number of para-hydroxylation sites is 2. The molecule has 20 heavy (non-hydrogen) atoms. The highest BCUT2D eigenvalue weighted by molar-refractivity contribution is 9.11. The van der Waals surface area contributed by atoms with Crippen molar-refractivity contribution < 1.29 is 4.42 Å². The van der Waals surface area contributed by atoms with Crippen molar-refractivity contribution in [1.82, 2.24) is 10.3 Å². The predicted molar refractivity (Wildman–Crippen MR) is 86.1 cm³/mol. The van der Waals surface area contributed by atoms with Gasteiger partial charge in [-0.1, -0.05) is 19.1 Å². The van der Waals surface area contributed by atoms with Crippen molar-refractivity contribution in [3.05, 3.63) is 51.0 Å². The van der Waals surface area contributed by atoms with Crippen molar-refractivity contribution in [1.29, 1.82) is 0 Å². The molecule has 3 aromatic rings. The van der Waals surface area contributed by atoms with Crippen LogP contribution in [0, 0.1) is 0 Å². The van der Waals surface area contributed by atoms with Gasteiger partial charge in [0, 0.05) is 11.3 Å². The van der Waals surface area contributed by atoms with Crippen molar-refractivity contribution in [3.8, 4) is 0 Å². The molecule has 0 saturated carbocycles. The molecule has 1 N–H and O–H groups in total. The van der Waals surface area contributed by atoms with Crippen LogP contribution >= 0.6 is 27.3 Å². The Kier molecular flexibility index (Phi) is 4.19. The fourth-order valence-electron chi connectivity index (χ4n) is 2.22. The lowest BCUT2D eigenvalue weighted by molar-refractivity contribution is 0.464. The summed E-state index contributed by atoms with van der Waals surface area (Å²) in [6.07, 6.45) is 0.759. The summed E-state index contributed by atoms with van der Waals surface area (Å²) >= 11 is 5.26. The molecule has 0 fully saturated rings. The van der Waals surface area contributed by atoms with E-state index in [1.165, 1.54) is 4.88 Å². The molecule has 3 rings (SSSR count). The van der Waals surface area contributed by atoms with E-state index in [0.717, 1.165) is 33.7 Å². The van der Waals surface area contributed by atoms with E-state index < -0.39 is 0 Å². The van der Waals surface area contributed by atoms with E-state index in [1.54, 1.807) is 11.3 Å². The van der Waals surface area contributed by atoms with Gasteiger partial charge in [0.25, 0.3) is 0 Å². The Morgan fingerprint density at radius 2 is 2.15 bits per heavy atom. The molecule has 0 aliphatic rings. The Morgan fingerprint density at radius 1 is 1.30 bits per heavy atom. The molecule has 2 heterocycles. The van der Waals surface area contributed by atoms with Crippen LogP contribution in [0.3, 0.4) is 0 Å². The van der Waals surface area contributed by atoms with Crippen LogP contribution in [0.15, 0.2) is 44.6 Å². The highest BCUT2D eigenvalue weighted by Gasteiger charge is 2.17. The Balaban J connectivity index is 1.85. The molecule has 2 aromatic heterocycles. The molecule has 1 atom stereocenters. The van der Waals surface area contributed by atoms with Gasteiger partial charge in [-0.05, 0) is 46.7 Å². The highest BCUT2D eigenvalue weighted by atomic mass is 79.9. The maximum Gasteiger partial charge on any atom is 0.197 e. The van der Waals surface area contributed by atoms with Crippen molar-refractivity contribution in [2.24, 2.45) is 0 Å². The van der Waals surface area contributed by atoms with E-state index >= 15 is 0 Å². The molecule has 0 aliphatic carbocycles. The van der Waals surface area contributed by atoms with Crippen LogP contribution < -0.4 is 5.32 Å². The Bertz CT molecular complexity index is 674. The average Bonchev–Trinajstić information content (AvgIpc) is 3.03. The summed E-state index contributed by atoms with van der Waals surface area (Å²) in [6.45, 7) is 3.03. The van der Waals surface area contributed by atoms with Gasteiger partial charge in [0.1, 0.15) is 5.52 Å². The van der Waals surface area contributed by atoms with Crippen molar-refractivity contribution >= 4 is 38.4 Å². The minimum Gasteiger partial charge on any atom is -0.441 e. The number of aromatic nitrogens is 1. The molecule has 0 radical (unpaired) electrons. The number of nitrogens with one attached hydrogen (secondary N) is 1. The van der Waals surface area contributed by atoms with Crippen molar-refractivity contribution in [2.75, 3.05) is 6.54 Å². The second-order valence-corrected chi connectivity index (χ2v) is 7.03. The van der Waals surface area contributed by atoms with E-state index in [-0.39, 0.29) is 6.04 Å². The molecule has 5 heteroatoms. The van der Waals surface area contributed by atoms with Crippen LogP contribution in [0.1, 0.15) is 23.7 Å². The predicted octanol–water partition coefficient (Wildman–Crippen LogP) is 4.55. The standard InChI is InChI=1S/C15H15BrN2OS/c1-2-17-11(13-7-8-14(16)20-13)9-15-18-10-5-3-4-6-12(10)19-15/h3-8,11,17H,2,9H2,1H3. The summed E-state index contributed by atoms with van der Waals surface area (Å²) in [4.78, 5) is 5.85. The van der Waals surface area contributed by atoms with Gasteiger partial charge in [0.05, 0.1) is 9.83 Å². The van der Waals surface area contributed by atoms with E-state index in [9.17, 15) is 0 Å². The van der Waals surface area contributed by atoms with Crippen LogP contribution in [0.2, 0.25) is 0 Å². The van der Waals surface area contributed by atoms with E-state index in [2.05, 4.69) is 45.3 Å². The number of rotatable bonds is 5. The molecule has 1 aromatic carbocycles. The fourth-order valence-corrected chi connectivity index (χ4v) is 3.72. The van der Waals surface area contributed by atoms with Crippen molar-refractivity contribution in [3.63, 3.8) is 0 Å². The molecule has 0 bridgehead atoms. The molecule has 0 saturated heterocycles. The zero-order valence-electron chi connectivity index (χ0n) is 11.1. The van der Waals surface area contributed by atoms with Gasteiger partial charge in [-0.2, -0.15) is 0 Å². The van der Waals surface area contributed by atoms with Crippen LogP contribution in [0.4, 0.5) is 0 Å². The minimum atomic E-state index is 0.240. The number of oxazole rings is 1. The maximum atomic E-state index is 5.81. The van der Waals surface area contributed by atoms with Gasteiger partial charge in [0.2, 0.25) is 0 Å². The Labute approximate surface area is 130 Å². The number of fused-ring (bicyclic) bond motifs is 1. The van der Waals surface area contributed by atoms with E-state index in [0.29, 0.717) is 0 Å². The summed E-state index contributed by atoms with van der Waals surface area (Å²) < 4.78 is 6.96. The number of nitrogens with zero attached hydrogens (tertiary/aromatic N) is 1. The quantitative estimate of drug-likeness (QED) is 0.733. The lowest BCUT2D eigenvalue weighted by Gasteiger charge is -2.14. The van der Waals surface area contributed by atoms with Gasteiger partial charge in [-0.15, -0.1) is 11.3 Å². The molecule has 0 spiro atoms. The van der Waals surface area contributed by atoms with Gasteiger partial charge >= 0.3 is 0 Å². The van der Waals surface area contributed by atoms with Crippen LogP contribution in [-0.2, 0) is 6.42 Å². The zero-order valence-corrected chi connectivity index (χ0v) is 13.5. The Morgan fingerprint density at radius 3 is 2.85 bits per heavy atom. The monoisotopic (exact) mass is 350 g/mol. The largest absolute Gasteiger partial charge is 0.441 e. The topological polar surface area (TPSA) is 38.1 Å². The number of halogens is 1. The summed E-state index contributed by atoms with van der Waals surface area (Å²) in [6, 6.07) is 12.3. The lowest BCUT2D eigenvalue weighted by Crippen LogP contribution is -2.22. The van der Waals surface area contributed by atoms with Gasteiger partial charge in [0.15, 0.2) is 11.5 Å². The third-order valence-corrected chi connectivity index (χ3v) is 4.84. The first kappa shape index (κ1) is 13.8. The smallest absolute Gasteiger partial charge is 0.197 e. The third kappa shape index (κ3) is 2.95. The van der Waals surface area contributed by atoms with Crippen molar-refractivity contribution in [2.45, 2.75) is 19.4 Å². The lowest BCUT2D eigenvalue weighted by atomic mass is 10.1. The minimum absolute atomic E-state index is 0.240. The number of benzene rings is 1. The Hall–Kier alpha value is -1.17. The molecule has 3 nitrogen and oxygen atoms in total. The molecule has 0 aliphatic heterocycles. The number of hydrogen-bond donors (Lipinski definition) is 1. The first-order valence-corrected chi connectivity index (χ1v) is 8.20. The first-order valence-electron chi connectivity index (χ1n) is 6.59. The summed E-state index contributed by atoms with van der Waals surface area (Å²) in [5, 5.41) is 3.49. The van der Waals surface area contributed by atoms with Crippen LogP contribution in [0.25, 0.3) is 11.1 Å². The van der Waals surface area contributed by atoms with Gasteiger partial charge in [-0.25, -0.2) is 4.98 Å². The van der Waals surface area contributed by atoms with Crippen LogP contribution in [0.5, 0.6) is 0 Å². The van der Waals surface area contributed by atoms with Crippen LogP contribution in [-0.4, -0.2) is 11.5 Å². The number of likely N-dealkylation sites (N-methyl/N-ethyl adjacent to an activating group) is 1. The summed E-state index contributed by atoms with van der Waals surface area (Å²) in [5.74, 6) is 0.779. The third-order valence-electron chi connectivity index (χ3n) is 3.10. The van der Waals surface area contributed by atoms with Gasteiger partial charge in [-0.3, -0.25) is 0 Å². The number of thiophene rings is 1. The normalized spacial score (nSPS) is 12.9. The SMILES string of the molecule is CCNC(Cc1nc2ccccc2o1)c1ccc(Br)s1. The van der Waals surface area contributed by atoms with Gasteiger partial charge < -0.3 is 9.73 Å². The van der Waals surface area contributed by atoms with E-state index in [4.69, 9.17) is 4.42 Å². The number of hydrogen-bond acceptors (Lipinski definition) is 4. The van der Waals surface area contributed by atoms with E-state index in [1.807, 2.05) is 24.3 Å². The molecule has 1 unspecified atom stereocenters. The molecular formula is C15H15BrN2OS. The highest BCUT2D eigenvalue weighted by Crippen LogP contribution is 2.29. The summed E-state index contributed by atoms with van der Waals surface area (Å²) in [5.41, 5.74) is 1.77. The second kappa shape index (κ2) is 6.08.